The molecular weight excluding hydrogens is 324 g/mol. The van der Waals surface area contributed by atoms with Crippen molar-refractivity contribution >= 4 is 37.1 Å². The van der Waals surface area contributed by atoms with Crippen LogP contribution in [-0.4, -0.2) is 33.9 Å². The summed E-state index contributed by atoms with van der Waals surface area (Å²) in [5.41, 5.74) is 4.64. The Morgan fingerprint density at radius 1 is 1.40 bits per heavy atom. The number of hydrogen-bond acceptors (Lipinski definition) is 5. The second-order valence-corrected chi connectivity index (χ2v) is 9.38. The maximum atomic E-state index is 12.4. The molecule has 1 heterocycles. The normalized spacial score (nSPS) is 25.7. The maximum Gasteiger partial charge on any atom is 0.244 e. The van der Waals surface area contributed by atoms with Gasteiger partial charge in [-0.15, -0.1) is 0 Å². The summed E-state index contributed by atoms with van der Waals surface area (Å²) in [6.07, 6.45) is 0.221. The van der Waals surface area contributed by atoms with E-state index < -0.39 is 25.4 Å². The molecule has 20 heavy (non-hydrogen) atoms. The van der Waals surface area contributed by atoms with E-state index in [1.807, 2.05) is 0 Å². The van der Waals surface area contributed by atoms with Crippen molar-refractivity contribution in [2.45, 2.75) is 23.8 Å². The zero-order chi connectivity index (χ0) is 15.2. The van der Waals surface area contributed by atoms with Crippen molar-refractivity contribution in [2.24, 2.45) is 0 Å². The fourth-order valence-corrected chi connectivity index (χ4v) is 6.57. The number of nitrogens with two attached hydrogens (primary N) is 1. The molecule has 2 rings (SSSR count). The largest absolute Gasteiger partial charge is 0.398 e. The van der Waals surface area contributed by atoms with Crippen LogP contribution in [-0.2, 0) is 19.9 Å². The van der Waals surface area contributed by atoms with Gasteiger partial charge in [0.15, 0.2) is 9.84 Å². The molecule has 6 nitrogen and oxygen atoms in total. The smallest absolute Gasteiger partial charge is 0.244 e. The minimum atomic E-state index is -3.99. The van der Waals surface area contributed by atoms with Gasteiger partial charge in [-0.05, 0) is 25.5 Å². The van der Waals surface area contributed by atoms with Gasteiger partial charge in [-0.2, -0.15) is 0 Å². The average molecular weight is 339 g/mol. The summed E-state index contributed by atoms with van der Waals surface area (Å²) in [6.45, 7) is 1.56. The van der Waals surface area contributed by atoms with Gasteiger partial charge in [0.05, 0.1) is 22.2 Å². The Balaban J connectivity index is 2.38. The molecular formula is C11H15ClN2O4S2. The van der Waals surface area contributed by atoms with Crippen LogP contribution in [0.4, 0.5) is 5.69 Å². The number of benzene rings is 1. The van der Waals surface area contributed by atoms with Crippen LogP contribution in [0.15, 0.2) is 23.1 Å². The number of nitrogens with one attached hydrogen (secondary N) is 1. The first-order valence-corrected chi connectivity index (χ1v) is 9.51. The molecule has 0 saturated carbocycles. The summed E-state index contributed by atoms with van der Waals surface area (Å²) in [7, 11) is -7.20. The molecule has 0 amide bonds. The van der Waals surface area contributed by atoms with Gasteiger partial charge >= 0.3 is 0 Å². The minimum Gasteiger partial charge on any atom is -0.398 e. The Labute approximate surface area is 123 Å². The summed E-state index contributed by atoms with van der Waals surface area (Å²) in [5, 5.41) is 0.00181. The van der Waals surface area contributed by atoms with Crippen molar-refractivity contribution < 1.29 is 16.8 Å². The predicted octanol–water partition coefficient (Wildman–Crippen LogP) is 0.778. The molecule has 1 aliphatic rings. The van der Waals surface area contributed by atoms with E-state index in [0.717, 1.165) is 0 Å². The first-order valence-electron chi connectivity index (χ1n) is 5.83. The van der Waals surface area contributed by atoms with Gasteiger partial charge in [0.2, 0.25) is 10.0 Å². The van der Waals surface area contributed by atoms with Gasteiger partial charge in [-0.3, -0.25) is 0 Å². The fraction of sp³-hybridized carbons (Fsp3) is 0.455. The van der Waals surface area contributed by atoms with Crippen molar-refractivity contribution in [3.8, 4) is 0 Å². The molecule has 1 unspecified atom stereocenters. The minimum absolute atomic E-state index is 0.00181. The second-order valence-electron chi connectivity index (χ2n) is 5.17. The van der Waals surface area contributed by atoms with E-state index in [4.69, 9.17) is 17.3 Å². The van der Waals surface area contributed by atoms with Crippen LogP contribution in [0.3, 0.4) is 0 Å². The van der Waals surface area contributed by atoms with Crippen molar-refractivity contribution in [1.82, 2.24) is 4.72 Å². The van der Waals surface area contributed by atoms with Crippen molar-refractivity contribution in [1.29, 1.82) is 0 Å². The van der Waals surface area contributed by atoms with Crippen LogP contribution < -0.4 is 10.5 Å². The molecule has 1 fully saturated rings. The zero-order valence-electron chi connectivity index (χ0n) is 10.8. The lowest BCUT2D eigenvalue weighted by Crippen LogP contribution is -2.46. The summed E-state index contributed by atoms with van der Waals surface area (Å²) in [5.74, 6) is -0.270. The van der Waals surface area contributed by atoms with Gasteiger partial charge in [-0.1, -0.05) is 17.7 Å². The standard InChI is InChI=1S/C11H15ClN2O4S2/c1-11(5-6-19(15,16)7-11)14-20(17,18)10-8(12)3-2-4-9(10)13/h2-4,14H,5-7,13H2,1H3. The molecule has 0 spiro atoms. The van der Waals surface area contributed by atoms with Crippen LogP contribution in [0.25, 0.3) is 0 Å². The first-order chi connectivity index (χ1) is 9.05. The van der Waals surface area contributed by atoms with E-state index in [1.165, 1.54) is 12.1 Å². The summed E-state index contributed by atoms with van der Waals surface area (Å²) >= 11 is 5.88. The number of halogens is 1. The third-order valence-electron chi connectivity index (χ3n) is 3.15. The van der Waals surface area contributed by atoms with Gasteiger partial charge in [-0.25, -0.2) is 21.6 Å². The lowest BCUT2D eigenvalue weighted by molar-refractivity contribution is 0.462. The third-order valence-corrected chi connectivity index (χ3v) is 7.23. The van der Waals surface area contributed by atoms with E-state index in [9.17, 15) is 16.8 Å². The Morgan fingerprint density at radius 2 is 2.05 bits per heavy atom. The molecule has 3 N–H and O–H groups in total. The third kappa shape index (κ3) is 3.08. The van der Waals surface area contributed by atoms with Crippen LogP contribution in [0, 0.1) is 0 Å². The molecule has 1 aromatic rings. The molecule has 0 bridgehead atoms. The number of sulfone groups is 1. The van der Waals surface area contributed by atoms with E-state index in [1.54, 1.807) is 13.0 Å². The highest BCUT2D eigenvalue weighted by atomic mass is 35.5. The number of rotatable bonds is 3. The lowest BCUT2D eigenvalue weighted by Gasteiger charge is -2.24. The fourth-order valence-electron chi connectivity index (χ4n) is 2.28. The Bertz CT molecular complexity index is 725. The molecule has 1 aromatic carbocycles. The molecule has 1 aliphatic heterocycles. The maximum absolute atomic E-state index is 12.4. The molecule has 0 radical (unpaired) electrons. The van der Waals surface area contributed by atoms with Gasteiger partial charge in [0, 0.05) is 5.54 Å². The highest BCUT2D eigenvalue weighted by Gasteiger charge is 2.42. The quantitative estimate of drug-likeness (QED) is 0.792. The van der Waals surface area contributed by atoms with Crippen LogP contribution in [0.1, 0.15) is 13.3 Å². The van der Waals surface area contributed by atoms with E-state index in [-0.39, 0.29) is 33.5 Å². The SMILES string of the molecule is CC1(NS(=O)(=O)c2c(N)cccc2Cl)CCS(=O)(=O)C1. The number of anilines is 1. The summed E-state index contributed by atoms with van der Waals surface area (Å²) in [4.78, 5) is -0.216. The Kier molecular flexibility index (Phi) is 3.79. The Hall–Kier alpha value is -0.830. The number of nitrogen functional groups attached to an aromatic ring is 1. The lowest BCUT2D eigenvalue weighted by atomic mass is 10.0. The van der Waals surface area contributed by atoms with E-state index in [2.05, 4.69) is 4.72 Å². The zero-order valence-corrected chi connectivity index (χ0v) is 13.1. The summed E-state index contributed by atoms with van der Waals surface area (Å²) in [6, 6.07) is 4.38. The first kappa shape index (κ1) is 15.6. The van der Waals surface area contributed by atoms with Crippen molar-refractivity contribution in [3.05, 3.63) is 23.2 Å². The van der Waals surface area contributed by atoms with Gasteiger partial charge in [0.25, 0.3) is 0 Å². The van der Waals surface area contributed by atoms with E-state index >= 15 is 0 Å². The van der Waals surface area contributed by atoms with Crippen LogP contribution in [0.5, 0.6) is 0 Å². The van der Waals surface area contributed by atoms with Crippen molar-refractivity contribution in [3.63, 3.8) is 0 Å². The highest BCUT2D eigenvalue weighted by Crippen LogP contribution is 2.30. The molecule has 0 aliphatic carbocycles. The molecule has 9 heteroatoms. The van der Waals surface area contributed by atoms with Crippen LogP contribution in [0.2, 0.25) is 5.02 Å². The van der Waals surface area contributed by atoms with Gasteiger partial charge in [0.1, 0.15) is 4.90 Å². The van der Waals surface area contributed by atoms with Gasteiger partial charge < -0.3 is 5.73 Å². The second kappa shape index (κ2) is 4.87. The van der Waals surface area contributed by atoms with E-state index in [0.29, 0.717) is 0 Å². The number of hydrogen-bond donors (Lipinski definition) is 2. The molecule has 0 aromatic heterocycles. The highest BCUT2D eigenvalue weighted by molar-refractivity contribution is 7.92. The molecule has 112 valence electrons. The monoisotopic (exact) mass is 338 g/mol. The number of sulfonamides is 1. The molecule has 1 atom stereocenters. The molecule has 1 saturated heterocycles. The Morgan fingerprint density at radius 3 is 2.55 bits per heavy atom. The average Bonchev–Trinajstić information content (AvgIpc) is 2.50. The predicted molar refractivity (Wildman–Crippen MR) is 77.9 cm³/mol. The summed E-state index contributed by atoms with van der Waals surface area (Å²) < 4.78 is 50.2. The van der Waals surface area contributed by atoms with Crippen LogP contribution >= 0.6 is 11.6 Å². The topological polar surface area (TPSA) is 106 Å². The van der Waals surface area contributed by atoms with Crippen molar-refractivity contribution in [2.75, 3.05) is 17.2 Å².